The fourth-order valence-corrected chi connectivity index (χ4v) is 2.01. The molecule has 6 nitrogen and oxygen atoms in total. The van der Waals surface area contributed by atoms with Crippen LogP contribution < -0.4 is 0 Å². The highest BCUT2D eigenvalue weighted by atomic mass is 16.2. The highest BCUT2D eigenvalue weighted by Gasteiger charge is 2.18. The molecule has 0 radical (unpaired) electrons. The van der Waals surface area contributed by atoms with E-state index in [2.05, 4.69) is 20.1 Å². The van der Waals surface area contributed by atoms with Crippen molar-refractivity contribution in [1.82, 2.24) is 25.0 Å². The Hall–Kier alpha value is -1.43. The Bertz CT molecular complexity index is 383. The molecule has 17 heavy (non-hydrogen) atoms. The Morgan fingerprint density at radius 3 is 2.76 bits per heavy atom. The molecule has 1 aromatic rings. The monoisotopic (exact) mass is 237 g/mol. The van der Waals surface area contributed by atoms with Crippen molar-refractivity contribution in [2.24, 2.45) is 0 Å². The van der Waals surface area contributed by atoms with Crippen molar-refractivity contribution < 1.29 is 4.79 Å². The fraction of sp³-hybridized carbons (Fsp3) is 0.727. The standard InChI is InChI=1S/C11H19N5O/c1-9-12-10(14-13-9)11(17)15(2)7-8-16-5-3-4-6-16/h3-8H2,1-2H3,(H,12,13,14). The second-order valence-corrected chi connectivity index (χ2v) is 4.52. The molecule has 0 saturated carbocycles. The Kier molecular flexibility index (Phi) is 3.73. The van der Waals surface area contributed by atoms with Gasteiger partial charge in [0.15, 0.2) is 0 Å². The molecule has 1 fully saturated rings. The molecule has 1 saturated heterocycles. The predicted molar refractivity (Wildman–Crippen MR) is 63.8 cm³/mol. The zero-order valence-corrected chi connectivity index (χ0v) is 10.4. The number of nitrogens with zero attached hydrogens (tertiary/aromatic N) is 4. The van der Waals surface area contributed by atoms with E-state index in [9.17, 15) is 4.79 Å². The predicted octanol–water partition coefficient (Wildman–Crippen LogP) is 0.281. The van der Waals surface area contributed by atoms with Gasteiger partial charge in [-0.2, -0.15) is 0 Å². The van der Waals surface area contributed by atoms with Gasteiger partial charge in [-0.1, -0.05) is 0 Å². The van der Waals surface area contributed by atoms with Crippen molar-refractivity contribution in [3.63, 3.8) is 0 Å². The summed E-state index contributed by atoms with van der Waals surface area (Å²) in [5.74, 6) is 0.807. The summed E-state index contributed by atoms with van der Waals surface area (Å²) in [6, 6.07) is 0. The van der Waals surface area contributed by atoms with Crippen molar-refractivity contribution >= 4 is 5.91 Å². The minimum Gasteiger partial charge on any atom is -0.338 e. The lowest BCUT2D eigenvalue weighted by Gasteiger charge is -2.20. The van der Waals surface area contributed by atoms with Crippen LogP contribution in [0.25, 0.3) is 0 Å². The minimum absolute atomic E-state index is 0.117. The maximum atomic E-state index is 11.9. The molecule has 0 aliphatic carbocycles. The van der Waals surface area contributed by atoms with E-state index in [1.807, 2.05) is 0 Å². The van der Waals surface area contributed by atoms with Gasteiger partial charge in [0, 0.05) is 20.1 Å². The highest BCUT2D eigenvalue weighted by molar-refractivity contribution is 5.90. The van der Waals surface area contributed by atoms with Gasteiger partial charge in [0.05, 0.1) is 0 Å². The lowest BCUT2D eigenvalue weighted by Crippen LogP contribution is -2.35. The number of hydrogen-bond donors (Lipinski definition) is 1. The first kappa shape index (κ1) is 12.0. The van der Waals surface area contributed by atoms with Crippen LogP contribution in [0.4, 0.5) is 0 Å². The number of aromatic nitrogens is 3. The van der Waals surface area contributed by atoms with Gasteiger partial charge in [-0.15, -0.1) is 5.10 Å². The van der Waals surface area contributed by atoms with E-state index >= 15 is 0 Å². The summed E-state index contributed by atoms with van der Waals surface area (Å²) in [7, 11) is 1.80. The highest BCUT2D eigenvalue weighted by Crippen LogP contribution is 2.07. The number of carbonyl (C=O) groups is 1. The Labute approximate surface area is 101 Å². The molecule has 1 amide bonds. The zero-order chi connectivity index (χ0) is 12.3. The average Bonchev–Trinajstić information content (AvgIpc) is 2.95. The summed E-state index contributed by atoms with van der Waals surface area (Å²) in [6.07, 6.45) is 2.55. The Morgan fingerprint density at radius 2 is 2.18 bits per heavy atom. The van der Waals surface area contributed by atoms with Crippen LogP contribution >= 0.6 is 0 Å². The molecular weight excluding hydrogens is 218 g/mol. The van der Waals surface area contributed by atoms with Gasteiger partial charge in [0.25, 0.3) is 5.91 Å². The molecule has 94 valence electrons. The summed E-state index contributed by atoms with van der Waals surface area (Å²) in [6.45, 7) is 5.76. The number of likely N-dealkylation sites (tertiary alicyclic amines) is 1. The zero-order valence-electron chi connectivity index (χ0n) is 10.4. The molecule has 6 heteroatoms. The van der Waals surface area contributed by atoms with Crippen molar-refractivity contribution in [2.75, 3.05) is 33.2 Å². The number of hydrogen-bond acceptors (Lipinski definition) is 4. The van der Waals surface area contributed by atoms with E-state index in [0.29, 0.717) is 5.82 Å². The van der Waals surface area contributed by atoms with Crippen molar-refractivity contribution in [3.8, 4) is 0 Å². The van der Waals surface area contributed by atoms with E-state index < -0.39 is 0 Å². The maximum absolute atomic E-state index is 11.9. The van der Waals surface area contributed by atoms with Gasteiger partial charge in [-0.3, -0.25) is 9.89 Å². The van der Waals surface area contributed by atoms with Crippen molar-refractivity contribution in [2.45, 2.75) is 19.8 Å². The fourth-order valence-electron chi connectivity index (χ4n) is 2.01. The van der Waals surface area contributed by atoms with Gasteiger partial charge >= 0.3 is 0 Å². The molecule has 0 atom stereocenters. The molecule has 0 unspecified atom stereocenters. The van der Waals surface area contributed by atoms with Crippen molar-refractivity contribution in [3.05, 3.63) is 11.6 Å². The lowest BCUT2D eigenvalue weighted by molar-refractivity contribution is 0.0770. The molecule has 1 N–H and O–H groups in total. The number of nitrogens with one attached hydrogen (secondary N) is 1. The van der Waals surface area contributed by atoms with Crippen LogP contribution in [0.2, 0.25) is 0 Å². The van der Waals surface area contributed by atoms with Crippen LogP contribution in [-0.4, -0.2) is 64.1 Å². The Morgan fingerprint density at radius 1 is 1.47 bits per heavy atom. The number of aryl methyl sites for hydroxylation is 1. The van der Waals surface area contributed by atoms with Crippen LogP contribution in [0.1, 0.15) is 29.3 Å². The van der Waals surface area contributed by atoms with E-state index in [4.69, 9.17) is 0 Å². The van der Waals surface area contributed by atoms with Crippen LogP contribution in [0, 0.1) is 6.92 Å². The second-order valence-electron chi connectivity index (χ2n) is 4.52. The first-order valence-corrected chi connectivity index (χ1v) is 6.03. The minimum atomic E-state index is -0.117. The van der Waals surface area contributed by atoms with Crippen LogP contribution in [0.15, 0.2) is 0 Å². The normalized spacial score (nSPS) is 16.4. The smallest absolute Gasteiger partial charge is 0.293 e. The van der Waals surface area contributed by atoms with E-state index in [1.54, 1.807) is 18.9 Å². The number of carbonyl (C=O) groups excluding carboxylic acids is 1. The van der Waals surface area contributed by atoms with Gasteiger partial charge in [-0.05, 0) is 32.9 Å². The summed E-state index contributed by atoms with van der Waals surface area (Å²) in [5.41, 5.74) is 0. The summed E-state index contributed by atoms with van der Waals surface area (Å²) < 4.78 is 0. The number of aromatic amines is 1. The quantitative estimate of drug-likeness (QED) is 0.817. The molecule has 2 heterocycles. The third-order valence-corrected chi connectivity index (χ3v) is 3.09. The van der Waals surface area contributed by atoms with Gasteiger partial charge < -0.3 is 9.80 Å². The first-order chi connectivity index (χ1) is 8.16. The molecule has 0 aromatic carbocycles. The van der Waals surface area contributed by atoms with Crippen molar-refractivity contribution in [1.29, 1.82) is 0 Å². The first-order valence-electron chi connectivity index (χ1n) is 6.03. The summed E-state index contributed by atoms with van der Waals surface area (Å²) >= 11 is 0. The third kappa shape index (κ3) is 3.03. The Balaban J connectivity index is 1.82. The average molecular weight is 237 g/mol. The molecule has 1 aliphatic heterocycles. The molecule has 0 bridgehead atoms. The number of likely N-dealkylation sites (N-methyl/N-ethyl adjacent to an activating group) is 1. The summed E-state index contributed by atoms with van der Waals surface area (Å²) in [4.78, 5) is 20.0. The summed E-state index contributed by atoms with van der Waals surface area (Å²) in [5, 5.41) is 6.56. The van der Waals surface area contributed by atoms with Crippen LogP contribution in [0.3, 0.4) is 0 Å². The molecular formula is C11H19N5O. The number of amides is 1. The molecule has 1 aromatic heterocycles. The van der Waals surface area contributed by atoms with Gasteiger partial charge in [0.2, 0.25) is 5.82 Å². The van der Waals surface area contributed by atoms with E-state index in [1.165, 1.54) is 12.8 Å². The molecule has 2 rings (SSSR count). The molecule has 1 aliphatic rings. The largest absolute Gasteiger partial charge is 0.338 e. The van der Waals surface area contributed by atoms with Crippen LogP contribution in [0.5, 0.6) is 0 Å². The second kappa shape index (κ2) is 5.27. The number of rotatable bonds is 4. The van der Waals surface area contributed by atoms with Gasteiger partial charge in [0.1, 0.15) is 5.82 Å². The maximum Gasteiger partial charge on any atom is 0.293 e. The SMILES string of the molecule is Cc1nc(C(=O)N(C)CCN2CCCC2)n[nH]1. The van der Waals surface area contributed by atoms with Gasteiger partial charge in [-0.25, -0.2) is 4.98 Å². The molecule has 0 spiro atoms. The lowest BCUT2D eigenvalue weighted by atomic mass is 10.4. The topological polar surface area (TPSA) is 65.1 Å². The van der Waals surface area contributed by atoms with Crippen LogP contribution in [-0.2, 0) is 0 Å². The van der Waals surface area contributed by atoms with E-state index in [-0.39, 0.29) is 11.7 Å². The van der Waals surface area contributed by atoms with E-state index in [0.717, 1.165) is 26.2 Å². The third-order valence-electron chi connectivity index (χ3n) is 3.09. The number of H-pyrrole nitrogens is 1.